The molecule has 0 radical (unpaired) electrons. The molecule has 0 aliphatic heterocycles. The van der Waals surface area contributed by atoms with Crippen molar-refractivity contribution < 1.29 is 19.1 Å². The molecule has 0 aromatic heterocycles. The topological polar surface area (TPSA) is 54.4 Å². The number of hydrogen-bond acceptors (Lipinski definition) is 3. The van der Waals surface area contributed by atoms with Crippen LogP contribution in [-0.4, -0.2) is 16.2 Å². The van der Waals surface area contributed by atoms with Crippen molar-refractivity contribution in [2.24, 2.45) is 5.92 Å². The van der Waals surface area contributed by atoms with Gasteiger partial charge in [0.1, 0.15) is 5.82 Å². The molecule has 0 bridgehead atoms. The van der Waals surface area contributed by atoms with Crippen LogP contribution in [0.15, 0.2) is 17.0 Å². The Labute approximate surface area is 126 Å². The molecule has 20 heavy (non-hydrogen) atoms. The molecule has 1 aromatic rings. The van der Waals surface area contributed by atoms with Gasteiger partial charge in [0.2, 0.25) is 0 Å². The highest BCUT2D eigenvalue weighted by molar-refractivity contribution is 8.13. The van der Waals surface area contributed by atoms with E-state index in [1.54, 1.807) is 0 Å². The molecule has 1 rings (SSSR count). The number of halogens is 2. The van der Waals surface area contributed by atoms with Gasteiger partial charge in [0.15, 0.2) is 5.12 Å². The number of carbonyl (C=O) groups excluding carboxylic acids is 1. The molecule has 0 saturated heterocycles. The summed E-state index contributed by atoms with van der Waals surface area (Å²) < 4.78 is 13.4. The van der Waals surface area contributed by atoms with Crippen LogP contribution in [0, 0.1) is 11.7 Å². The highest BCUT2D eigenvalue weighted by Gasteiger charge is 2.20. The Hall–Kier alpha value is -1.07. The molecular formula is C14H16ClFO3S. The molecule has 1 aromatic carbocycles. The third kappa shape index (κ3) is 4.21. The predicted molar refractivity (Wildman–Crippen MR) is 77.9 cm³/mol. The number of carboxylic acids is 1. The smallest absolute Gasteiger partial charge is 0.338 e. The molecule has 6 heteroatoms. The zero-order valence-corrected chi connectivity index (χ0v) is 12.9. The second-order valence-electron chi connectivity index (χ2n) is 4.38. The Kier molecular flexibility index (Phi) is 6.49. The Morgan fingerprint density at radius 2 is 2.05 bits per heavy atom. The lowest BCUT2D eigenvalue weighted by atomic mass is 10.0. The first-order valence-electron chi connectivity index (χ1n) is 6.34. The Morgan fingerprint density at radius 1 is 1.40 bits per heavy atom. The maximum atomic E-state index is 13.4. The van der Waals surface area contributed by atoms with Crippen LogP contribution in [0.3, 0.4) is 0 Å². The van der Waals surface area contributed by atoms with E-state index < -0.39 is 17.3 Å². The molecule has 3 nitrogen and oxygen atoms in total. The van der Waals surface area contributed by atoms with Gasteiger partial charge < -0.3 is 5.11 Å². The number of hydrogen-bond donors (Lipinski definition) is 1. The lowest BCUT2D eigenvalue weighted by Crippen LogP contribution is -2.10. The minimum absolute atomic E-state index is 0.0530. The summed E-state index contributed by atoms with van der Waals surface area (Å²) in [5.41, 5.74) is -0.478. The maximum Gasteiger partial charge on any atom is 0.338 e. The van der Waals surface area contributed by atoms with Crippen LogP contribution in [-0.2, 0) is 4.79 Å². The van der Waals surface area contributed by atoms with E-state index in [1.165, 1.54) is 0 Å². The molecular weight excluding hydrogens is 303 g/mol. The van der Waals surface area contributed by atoms with Gasteiger partial charge in [0.05, 0.1) is 10.6 Å². The summed E-state index contributed by atoms with van der Waals surface area (Å²) in [6, 6.07) is 2.04. The standard InChI is InChI=1S/C14H16ClFO3S/c1-3-5-8(4-2)14(19)20-12-6-9(13(17)18)11(16)7-10(12)15/h6-8H,3-5H2,1-2H3,(H,17,18). The van der Waals surface area contributed by atoms with Crippen LogP contribution >= 0.6 is 23.4 Å². The van der Waals surface area contributed by atoms with Crippen molar-refractivity contribution in [1.29, 1.82) is 0 Å². The summed E-state index contributed by atoms with van der Waals surface area (Å²) in [6.07, 6.45) is 2.37. The molecule has 0 amide bonds. The number of aromatic carboxylic acids is 1. The molecule has 1 N–H and O–H groups in total. The van der Waals surface area contributed by atoms with E-state index in [0.29, 0.717) is 6.42 Å². The minimum Gasteiger partial charge on any atom is -0.478 e. The van der Waals surface area contributed by atoms with Crippen molar-refractivity contribution in [2.75, 3.05) is 0 Å². The van der Waals surface area contributed by atoms with Crippen LogP contribution in [0.5, 0.6) is 0 Å². The van der Waals surface area contributed by atoms with Crippen LogP contribution < -0.4 is 0 Å². The van der Waals surface area contributed by atoms with Crippen molar-refractivity contribution in [1.82, 2.24) is 0 Å². The molecule has 1 atom stereocenters. The number of rotatable bonds is 6. The van der Waals surface area contributed by atoms with E-state index >= 15 is 0 Å². The second kappa shape index (κ2) is 7.64. The number of benzene rings is 1. The number of thioether (sulfide) groups is 1. The molecule has 110 valence electrons. The van der Waals surface area contributed by atoms with Gasteiger partial charge in [-0.3, -0.25) is 4.79 Å². The molecule has 0 aliphatic rings. The second-order valence-corrected chi connectivity index (χ2v) is 5.84. The summed E-state index contributed by atoms with van der Waals surface area (Å²) in [7, 11) is 0. The SMILES string of the molecule is CCCC(CC)C(=O)Sc1cc(C(=O)O)c(F)cc1Cl. The van der Waals surface area contributed by atoms with Crippen molar-refractivity contribution in [3.63, 3.8) is 0 Å². The fraction of sp³-hybridized carbons (Fsp3) is 0.429. The first kappa shape index (κ1) is 17.0. The summed E-state index contributed by atoms with van der Waals surface area (Å²) in [5.74, 6) is -2.38. The summed E-state index contributed by atoms with van der Waals surface area (Å²) >= 11 is 6.75. The normalized spacial score (nSPS) is 12.2. The Balaban J connectivity index is 3.00. The molecule has 1 unspecified atom stereocenters. The maximum absolute atomic E-state index is 13.4. The van der Waals surface area contributed by atoms with E-state index in [-0.39, 0.29) is 21.0 Å². The van der Waals surface area contributed by atoms with Gasteiger partial charge in [-0.25, -0.2) is 9.18 Å². The molecule has 0 aliphatic carbocycles. The lowest BCUT2D eigenvalue weighted by Gasteiger charge is -2.12. The van der Waals surface area contributed by atoms with Crippen molar-refractivity contribution in [3.05, 3.63) is 28.5 Å². The fourth-order valence-corrected chi connectivity index (χ4v) is 3.07. The zero-order valence-electron chi connectivity index (χ0n) is 11.3. The van der Waals surface area contributed by atoms with E-state index in [4.69, 9.17) is 16.7 Å². The highest BCUT2D eigenvalue weighted by Crippen LogP contribution is 2.33. The Bertz CT molecular complexity index is 519. The van der Waals surface area contributed by atoms with E-state index in [0.717, 1.165) is 36.7 Å². The minimum atomic E-state index is -1.38. The predicted octanol–water partition coefficient (Wildman–Crippen LogP) is 4.62. The van der Waals surface area contributed by atoms with Crippen LogP contribution in [0.4, 0.5) is 4.39 Å². The first-order valence-corrected chi connectivity index (χ1v) is 7.54. The van der Waals surface area contributed by atoms with Crippen molar-refractivity contribution in [2.45, 2.75) is 38.0 Å². The average Bonchev–Trinajstić information content (AvgIpc) is 2.38. The monoisotopic (exact) mass is 318 g/mol. The molecule has 0 spiro atoms. The van der Waals surface area contributed by atoms with E-state index in [9.17, 15) is 14.0 Å². The van der Waals surface area contributed by atoms with Gasteiger partial charge in [0.25, 0.3) is 0 Å². The Morgan fingerprint density at radius 3 is 2.55 bits per heavy atom. The van der Waals surface area contributed by atoms with Crippen LogP contribution in [0.2, 0.25) is 5.02 Å². The molecule has 0 fully saturated rings. The van der Waals surface area contributed by atoms with Gasteiger partial charge in [-0.2, -0.15) is 0 Å². The number of carbonyl (C=O) groups is 2. The van der Waals surface area contributed by atoms with Crippen LogP contribution in [0.1, 0.15) is 43.5 Å². The van der Waals surface area contributed by atoms with Gasteiger partial charge >= 0.3 is 5.97 Å². The van der Waals surface area contributed by atoms with Gasteiger partial charge in [-0.05, 0) is 25.0 Å². The third-order valence-electron chi connectivity index (χ3n) is 2.93. The summed E-state index contributed by atoms with van der Waals surface area (Å²) in [5, 5.41) is 8.86. The average molecular weight is 319 g/mol. The largest absolute Gasteiger partial charge is 0.478 e. The van der Waals surface area contributed by atoms with E-state index in [2.05, 4.69) is 0 Å². The number of carboxylic acid groups (broad SMARTS) is 1. The molecule has 0 heterocycles. The van der Waals surface area contributed by atoms with Gasteiger partial charge in [-0.1, -0.05) is 43.6 Å². The van der Waals surface area contributed by atoms with E-state index in [1.807, 2.05) is 13.8 Å². The highest BCUT2D eigenvalue weighted by atomic mass is 35.5. The third-order valence-corrected chi connectivity index (χ3v) is 4.44. The zero-order chi connectivity index (χ0) is 15.3. The summed E-state index contributed by atoms with van der Waals surface area (Å²) in [4.78, 5) is 23.3. The van der Waals surface area contributed by atoms with Gasteiger partial charge in [-0.15, -0.1) is 0 Å². The first-order chi connectivity index (χ1) is 9.40. The van der Waals surface area contributed by atoms with Crippen LogP contribution in [0.25, 0.3) is 0 Å². The van der Waals surface area contributed by atoms with Gasteiger partial charge in [0, 0.05) is 10.8 Å². The van der Waals surface area contributed by atoms with Crippen molar-refractivity contribution in [3.8, 4) is 0 Å². The van der Waals surface area contributed by atoms with Crippen molar-refractivity contribution >= 4 is 34.4 Å². The quantitative estimate of drug-likeness (QED) is 0.777. The summed E-state index contributed by atoms with van der Waals surface area (Å²) in [6.45, 7) is 3.92. The molecule has 0 saturated carbocycles. The fourth-order valence-electron chi connectivity index (χ4n) is 1.80. The lowest BCUT2D eigenvalue weighted by molar-refractivity contribution is -0.114.